The summed E-state index contributed by atoms with van der Waals surface area (Å²) < 4.78 is 41.3. The van der Waals surface area contributed by atoms with E-state index in [4.69, 9.17) is 0 Å². The Balaban J connectivity index is 1.65. The highest BCUT2D eigenvalue weighted by atomic mass is 19.4. The van der Waals surface area contributed by atoms with Gasteiger partial charge in [0.25, 0.3) is 0 Å². The molecule has 1 atom stereocenters. The standard InChI is InChI=1S/C19H17F3N4O/c1-9-6-12(7-11-8-15(27)24-16(9)11)17-13(19(20,21)22)4-5-14-23-18(10-2-3-10)25-26(14)17/h4-7,10,18,25H,2-3,8H2,1H3,(H,24,27). The van der Waals surface area contributed by atoms with Crippen LogP contribution in [0.1, 0.15) is 29.5 Å². The smallest absolute Gasteiger partial charge is 0.325 e. The summed E-state index contributed by atoms with van der Waals surface area (Å²) in [6.07, 6.45) is 0.0449. The lowest BCUT2D eigenvalue weighted by Gasteiger charge is -2.30. The molecule has 5 rings (SSSR count). The number of fused-ring (bicyclic) bond motifs is 2. The quantitative estimate of drug-likeness (QED) is 0.835. The second-order valence-corrected chi connectivity index (χ2v) is 7.38. The first kappa shape index (κ1) is 16.6. The Hall–Kier alpha value is -2.61. The third-order valence-corrected chi connectivity index (χ3v) is 5.32. The molecule has 1 aromatic rings. The van der Waals surface area contributed by atoms with Gasteiger partial charge in [0.2, 0.25) is 5.91 Å². The fourth-order valence-electron chi connectivity index (χ4n) is 3.89. The second-order valence-electron chi connectivity index (χ2n) is 7.38. The monoisotopic (exact) mass is 374 g/mol. The van der Waals surface area contributed by atoms with Crippen molar-refractivity contribution in [2.45, 2.75) is 38.5 Å². The molecule has 1 aliphatic carbocycles. The summed E-state index contributed by atoms with van der Waals surface area (Å²) in [4.78, 5) is 16.3. The number of hydrogen-bond donors (Lipinski definition) is 2. The summed E-state index contributed by atoms with van der Waals surface area (Å²) in [6, 6.07) is 3.36. The average molecular weight is 374 g/mol. The van der Waals surface area contributed by atoms with Gasteiger partial charge >= 0.3 is 6.18 Å². The lowest BCUT2D eigenvalue weighted by atomic mass is 9.97. The van der Waals surface area contributed by atoms with Crippen LogP contribution in [-0.4, -0.2) is 29.1 Å². The number of rotatable bonds is 2. The maximum atomic E-state index is 13.8. The van der Waals surface area contributed by atoms with Crippen molar-refractivity contribution in [2.24, 2.45) is 10.9 Å². The van der Waals surface area contributed by atoms with Gasteiger partial charge in [-0.05, 0) is 61.1 Å². The van der Waals surface area contributed by atoms with E-state index in [0.717, 1.165) is 30.0 Å². The summed E-state index contributed by atoms with van der Waals surface area (Å²) in [5, 5.41) is 4.23. The number of benzene rings is 1. The largest absolute Gasteiger partial charge is 0.418 e. The number of nitrogens with zero attached hydrogens (tertiary/aromatic N) is 2. The molecule has 5 nitrogen and oxygen atoms in total. The lowest BCUT2D eigenvalue weighted by molar-refractivity contribution is -0.115. The molecule has 0 spiro atoms. The van der Waals surface area contributed by atoms with Gasteiger partial charge in [-0.25, -0.2) is 10.4 Å². The topological polar surface area (TPSA) is 56.7 Å². The number of hydrazine groups is 1. The molecule has 3 heterocycles. The summed E-state index contributed by atoms with van der Waals surface area (Å²) in [7, 11) is 0. The molecule has 4 aliphatic rings. The van der Waals surface area contributed by atoms with Gasteiger partial charge < -0.3 is 5.32 Å². The Labute approximate surface area is 153 Å². The van der Waals surface area contributed by atoms with Crippen LogP contribution < -0.4 is 10.7 Å². The minimum atomic E-state index is -4.50. The number of aliphatic imine (C=N–C) groups is 1. The highest BCUT2D eigenvalue weighted by Gasteiger charge is 2.44. The molecule has 3 aliphatic heterocycles. The van der Waals surface area contributed by atoms with E-state index >= 15 is 0 Å². The third kappa shape index (κ3) is 2.66. The normalized spacial score (nSPS) is 24.1. The van der Waals surface area contributed by atoms with Gasteiger partial charge in [0.15, 0.2) is 0 Å². The van der Waals surface area contributed by atoms with Gasteiger partial charge in [-0.3, -0.25) is 9.80 Å². The SMILES string of the molecule is Cc1cc(C2=C(C(F)(F)F)C=CC3=NC(C4CC4)NN32)cc2c1NC(=O)C2. The van der Waals surface area contributed by atoms with Gasteiger partial charge in [0.1, 0.15) is 12.0 Å². The second kappa shape index (κ2) is 5.45. The predicted molar refractivity (Wildman–Crippen MR) is 94.5 cm³/mol. The number of aryl methyl sites for hydroxylation is 1. The van der Waals surface area contributed by atoms with E-state index in [0.29, 0.717) is 23.0 Å². The van der Waals surface area contributed by atoms with Gasteiger partial charge in [0, 0.05) is 11.3 Å². The van der Waals surface area contributed by atoms with Crippen LogP contribution in [0.5, 0.6) is 0 Å². The number of allylic oxidation sites excluding steroid dienone is 2. The molecule has 1 saturated carbocycles. The Bertz CT molecular complexity index is 956. The molecule has 0 aromatic heterocycles. The molecule has 140 valence electrons. The molecule has 0 radical (unpaired) electrons. The maximum Gasteiger partial charge on any atom is 0.418 e. The number of amidine groups is 1. The van der Waals surface area contributed by atoms with Crippen LogP contribution in [0.2, 0.25) is 0 Å². The number of nitrogens with one attached hydrogen (secondary N) is 2. The van der Waals surface area contributed by atoms with E-state index in [2.05, 4.69) is 15.7 Å². The van der Waals surface area contributed by atoms with E-state index < -0.39 is 11.7 Å². The van der Waals surface area contributed by atoms with Gasteiger partial charge in [-0.15, -0.1) is 0 Å². The van der Waals surface area contributed by atoms with E-state index in [-0.39, 0.29) is 24.2 Å². The number of alkyl halides is 3. The van der Waals surface area contributed by atoms with E-state index in [1.54, 1.807) is 19.1 Å². The van der Waals surface area contributed by atoms with Crippen molar-refractivity contribution in [1.29, 1.82) is 0 Å². The zero-order valence-corrected chi connectivity index (χ0v) is 14.5. The first-order valence-electron chi connectivity index (χ1n) is 8.88. The molecular formula is C19H17F3N4O. The minimum Gasteiger partial charge on any atom is -0.325 e. The molecule has 1 fully saturated rings. The molecule has 27 heavy (non-hydrogen) atoms. The summed E-state index contributed by atoms with van der Waals surface area (Å²) in [5.74, 6) is 0.715. The summed E-state index contributed by atoms with van der Waals surface area (Å²) in [6.45, 7) is 1.79. The predicted octanol–water partition coefficient (Wildman–Crippen LogP) is 3.29. The van der Waals surface area contributed by atoms with Crippen molar-refractivity contribution in [1.82, 2.24) is 10.4 Å². The van der Waals surface area contributed by atoms with Crippen LogP contribution in [0.25, 0.3) is 5.70 Å². The van der Waals surface area contributed by atoms with Gasteiger partial charge in [-0.1, -0.05) is 0 Å². The zero-order valence-electron chi connectivity index (χ0n) is 14.5. The van der Waals surface area contributed by atoms with E-state index in [1.165, 1.54) is 11.1 Å². The zero-order chi connectivity index (χ0) is 18.9. The van der Waals surface area contributed by atoms with E-state index in [9.17, 15) is 18.0 Å². The number of carbonyl (C=O) groups excluding carboxylic acids is 1. The molecule has 1 amide bonds. The fourth-order valence-corrected chi connectivity index (χ4v) is 3.89. The highest BCUT2D eigenvalue weighted by molar-refractivity contribution is 6.04. The van der Waals surface area contributed by atoms with Crippen LogP contribution in [0, 0.1) is 12.8 Å². The first-order valence-corrected chi connectivity index (χ1v) is 8.88. The van der Waals surface area contributed by atoms with Crippen LogP contribution in [0.4, 0.5) is 18.9 Å². The molecule has 1 unspecified atom stereocenters. The Morgan fingerprint density at radius 2 is 2.00 bits per heavy atom. The minimum absolute atomic E-state index is 0.0390. The molecule has 2 N–H and O–H groups in total. The Morgan fingerprint density at radius 3 is 2.70 bits per heavy atom. The van der Waals surface area contributed by atoms with Crippen molar-refractivity contribution >= 4 is 23.1 Å². The van der Waals surface area contributed by atoms with Gasteiger partial charge in [0.05, 0.1) is 17.7 Å². The Kier molecular flexibility index (Phi) is 3.34. The van der Waals surface area contributed by atoms with Crippen molar-refractivity contribution in [3.63, 3.8) is 0 Å². The molecule has 0 saturated heterocycles. The number of amides is 1. The number of hydrogen-bond acceptors (Lipinski definition) is 4. The summed E-state index contributed by atoms with van der Waals surface area (Å²) >= 11 is 0. The van der Waals surface area contributed by atoms with E-state index in [1.807, 2.05) is 0 Å². The number of halogens is 3. The fraction of sp³-hybridized carbons (Fsp3) is 0.368. The molecule has 0 bridgehead atoms. The summed E-state index contributed by atoms with van der Waals surface area (Å²) in [5.41, 5.74) is 5.04. The molecule has 1 aromatic carbocycles. The molecular weight excluding hydrogens is 357 g/mol. The van der Waals surface area contributed by atoms with Crippen molar-refractivity contribution < 1.29 is 18.0 Å². The van der Waals surface area contributed by atoms with Crippen LogP contribution >= 0.6 is 0 Å². The lowest BCUT2D eigenvalue weighted by Crippen LogP contribution is -2.42. The van der Waals surface area contributed by atoms with Crippen molar-refractivity contribution in [2.75, 3.05) is 5.32 Å². The number of anilines is 1. The Morgan fingerprint density at radius 1 is 1.22 bits per heavy atom. The average Bonchev–Trinajstić information content (AvgIpc) is 3.23. The van der Waals surface area contributed by atoms with Crippen molar-refractivity contribution in [3.8, 4) is 0 Å². The van der Waals surface area contributed by atoms with Crippen LogP contribution in [0.3, 0.4) is 0 Å². The number of carbonyl (C=O) groups is 1. The maximum absolute atomic E-state index is 13.8. The van der Waals surface area contributed by atoms with Gasteiger partial charge in [-0.2, -0.15) is 13.2 Å². The first-order chi connectivity index (χ1) is 12.8. The highest BCUT2D eigenvalue weighted by Crippen LogP contribution is 2.42. The van der Waals surface area contributed by atoms with Crippen molar-refractivity contribution in [3.05, 3.63) is 46.5 Å². The third-order valence-electron chi connectivity index (χ3n) is 5.32. The van der Waals surface area contributed by atoms with Crippen LogP contribution in [-0.2, 0) is 11.2 Å². The molecule has 8 heteroatoms. The van der Waals surface area contributed by atoms with Crippen LogP contribution in [0.15, 0.2) is 34.9 Å².